The molecule has 0 aliphatic heterocycles. The second-order valence-electron chi connectivity index (χ2n) is 1.72. The lowest BCUT2D eigenvalue weighted by atomic mass is 10.2. The van der Waals surface area contributed by atoms with Crippen LogP contribution >= 0.6 is 0 Å². The monoisotopic (exact) mass is 119 g/mol. The number of rotatable bonds is 2. The lowest BCUT2D eigenvalue weighted by Gasteiger charge is -1.89. The maximum absolute atomic E-state index is 6.55. The number of nitrogens with zero attached hydrogens (tertiary/aromatic N) is 1. The van der Waals surface area contributed by atoms with Crippen LogP contribution in [0.15, 0.2) is 29.4 Å². The van der Waals surface area contributed by atoms with Gasteiger partial charge < -0.3 is 0 Å². The van der Waals surface area contributed by atoms with E-state index < -0.39 is 0 Å². The van der Waals surface area contributed by atoms with Crippen LogP contribution in [-0.2, 0) is 6.54 Å². The second kappa shape index (κ2) is 2.97. The van der Waals surface area contributed by atoms with E-state index in [0.717, 1.165) is 5.56 Å². The molecule has 45 valence electrons. The fourth-order valence-electron chi connectivity index (χ4n) is 0.618. The number of hydrogen-bond donors (Lipinski definition) is 1. The third-order valence-corrected chi connectivity index (χ3v) is 1.05. The van der Waals surface area contributed by atoms with E-state index in [0.29, 0.717) is 6.54 Å². The predicted molar refractivity (Wildman–Crippen MR) is 34.1 cm³/mol. The van der Waals surface area contributed by atoms with Gasteiger partial charge >= 0.3 is 0 Å². The summed E-state index contributed by atoms with van der Waals surface area (Å²) in [7, 11) is 0. The smallest absolute Gasteiger partial charge is 0.0846 e. The van der Waals surface area contributed by atoms with Crippen molar-refractivity contribution < 1.29 is 0 Å². The quantitative estimate of drug-likeness (QED) is 0.578. The molecule has 9 heavy (non-hydrogen) atoms. The van der Waals surface area contributed by atoms with Crippen LogP contribution in [-0.4, -0.2) is 0 Å². The van der Waals surface area contributed by atoms with Gasteiger partial charge in [0.15, 0.2) is 0 Å². The van der Waals surface area contributed by atoms with Gasteiger partial charge in [0, 0.05) is 0 Å². The van der Waals surface area contributed by atoms with Crippen LogP contribution in [0.25, 0.3) is 0 Å². The van der Waals surface area contributed by atoms with Crippen LogP contribution in [0.5, 0.6) is 0 Å². The molecule has 0 aliphatic rings. The van der Waals surface area contributed by atoms with Gasteiger partial charge in [0.2, 0.25) is 0 Å². The third kappa shape index (κ3) is 1.64. The van der Waals surface area contributed by atoms with Crippen molar-refractivity contribution in [3.8, 4) is 0 Å². The van der Waals surface area contributed by atoms with Crippen molar-refractivity contribution in [2.45, 2.75) is 6.54 Å². The first-order valence-electron chi connectivity index (χ1n) is 2.71. The van der Waals surface area contributed by atoms with Gasteiger partial charge in [0.05, 0.1) is 6.54 Å². The zero-order chi connectivity index (χ0) is 6.53. The molecular formula is C7H7N2. The van der Waals surface area contributed by atoms with Crippen molar-refractivity contribution >= 4 is 0 Å². The van der Waals surface area contributed by atoms with Gasteiger partial charge in [-0.25, -0.2) is 5.53 Å². The summed E-state index contributed by atoms with van der Waals surface area (Å²) in [6.45, 7) is 0.481. The Balaban J connectivity index is 2.72. The Labute approximate surface area is 54.0 Å². The summed E-state index contributed by atoms with van der Waals surface area (Å²) < 4.78 is 0. The average Bonchev–Trinajstić information content (AvgIpc) is 1.91. The standard InChI is InChI=1S/C7H7N2/c8-9-6-7-4-2-1-3-5-7/h2-5,8H,6H2. The Morgan fingerprint density at radius 3 is 2.67 bits per heavy atom. The highest BCUT2D eigenvalue weighted by atomic mass is 14.9. The molecule has 0 unspecified atom stereocenters. The molecule has 0 amide bonds. The first-order chi connectivity index (χ1) is 4.43. The highest BCUT2D eigenvalue weighted by Gasteiger charge is 1.84. The van der Waals surface area contributed by atoms with Gasteiger partial charge in [-0.15, -0.1) is 0 Å². The van der Waals surface area contributed by atoms with Crippen LogP contribution in [0.1, 0.15) is 5.56 Å². The molecule has 0 heterocycles. The van der Waals surface area contributed by atoms with Crippen LogP contribution < -0.4 is 0 Å². The minimum Gasteiger partial charge on any atom is -0.210 e. The molecule has 1 aromatic rings. The Morgan fingerprint density at radius 1 is 1.44 bits per heavy atom. The molecule has 1 rings (SSSR count). The van der Waals surface area contributed by atoms with Crippen molar-refractivity contribution in [1.29, 1.82) is 5.53 Å². The Kier molecular flexibility index (Phi) is 1.96. The molecule has 1 radical (unpaired) electrons. The highest BCUT2D eigenvalue weighted by molar-refractivity contribution is 5.13. The summed E-state index contributed by atoms with van der Waals surface area (Å²) in [5.74, 6) is 0. The van der Waals surface area contributed by atoms with E-state index >= 15 is 0 Å². The van der Waals surface area contributed by atoms with Gasteiger partial charge in [0.25, 0.3) is 0 Å². The average molecular weight is 119 g/mol. The molecule has 2 nitrogen and oxygen atoms in total. The van der Waals surface area contributed by atoms with Crippen LogP contribution in [0.3, 0.4) is 0 Å². The summed E-state index contributed by atoms with van der Waals surface area (Å²) >= 11 is 0. The first-order valence-corrected chi connectivity index (χ1v) is 2.71. The van der Waals surface area contributed by atoms with Crippen molar-refractivity contribution in [3.63, 3.8) is 0 Å². The van der Waals surface area contributed by atoms with Crippen LogP contribution in [0.2, 0.25) is 0 Å². The number of nitrogens with one attached hydrogen (secondary N) is 1. The van der Waals surface area contributed by atoms with E-state index in [4.69, 9.17) is 5.53 Å². The lowest BCUT2D eigenvalue weighted by Crippen LogP contribution is -1.75. The van der Waals surface area contributed by atoms with Gasteiger partial charge in [-0.05, 0) is 11.6 Å². The first kappa shape index (κ1) is 5.95. The summed E-state index contributed by atoms with van der Waals surface area (Å²) in [6, 6.07) is 10.3. The molecular weight excluding hydrogens is 112 g/mol. The normalized spacial score (nSPS) is 8.89. The third-order valence-electron chi connectivity index (χ3n) is 1.05. The van der Waals surface area contributed by atoms with Gasteiger partial charge in [-0.2, -0.15) is 5.11 Å². The largest absolute Gasteiger partial charge is 0.210 e. The molecule has 0 saturated carbocycles. The molecule has 0 bridgehead atoms. The fraction of sp³-hybridized carbons (Fsp3) is 0.143. The Bertz CT molecular complexity index is 181. The van der Waals surface area contributed by atoms with Crippen molar-refractivity contribution in [2.75, 3.05) is 0 Å². The molecule has 0 saturated heterocycles. The molecule has 0 spiro atoms. The zero-order valence-corrected chi connectivity index (χ0v) is 4.96. The summed E-state index contributed by atoms with van der Waals surface area (Å²) in [5.41, 5.74) is 7.61. The molecule has 1 aromatic carbocycles. The van der Waals surface area contributed by atoms with Gasteiger partial charge in [0.1, 0.15) is 0 Å². The fourth-order valence-corrected chi connectivity index (χ4v) is 0.618. The zero-order valence-electron chi connectivity index (χ0n) is 4.96. The lowest BCUT2D eigenvalue weighted by molar-refractivity contribution is 0.908. The molecule has 0 aliphatic carbocycles. The van der Waals surface area contributed by atoms with E-state index in [1.54, 1.807) is 0 Å². The maximum Gasteiger partial charge on any atom is 0.0846 e. The molecule has 1 N–H and O–H groups in total. The van der Waals surface area contributed by atoms with E-state index in [-0.39, 0.29) is 0 Å². The molecule has 0 aromatic heterocycles. The van der Waals surface area contributed by atoms with Crippen LogP contribution in [0, 0.1) is 11.6 Å². The topological polar surface area (TPSA) is 36.2 Å². The molecule has 0 atom stereocenters. The minimum absolute atomic E-state index is 0.481. The van der Waals surface area contributed by atoms with Crippen molar-refractivity contribution in [2.24, 2.45) is 5.11 Å². The summed E-state index contributed by atoms with van der Waals surface area (Å²) in [6.07, 6.45) is 0. The van der Waals surface area contributed by atoms with Gasteiger partial charge in [-0.3, -0.25) is 0 Å². The molecule has 2 heteroatoms. The number of benzene rings is 1. The summed E-state index contributed by atoms with van der Waals surface area (Å²) in [4.78, 5) is 0. The van der Waals surface area contributed by atoms with E-state index in [2.05, 4.69) is 11.2 Å². The summed E-state index contributed by atoms with van der Waals surface area (Å²) in [5, 5.41) is 3.24. The van der Waals surface area contributed by atoms with Crippen LogP contribution in [0.4, 0.5) is 0 Å². The highest BCUT2D eigenvalue weighted by Crippen LogP contribution is 1.98. The Morgan fingerprint density at radius 2 is 2.11 bits per heavy atom. The van der Waals surface area contributed by atoms with E-state index in [9.17, 15) is 0 Å². The van der Waals surface area contributed by atoms with Crippen molar-refractivity contribution in [3.05, 3.63) is 35.9 Å². The Hall–Kier alpha value is -1.18. The SMILES string of the molecule is N=NCc1cc[c]cc1. The second-order valence-corrected chi connectivity index (χ2v) is 1.72. The minimum atomic E-state index is 0.481. The van der Waals surface area contributed by atoms with Crippen molar-refractivity contribution in [1.82, 2.24) is 0 Å². The molecule has 0 fully saturated rings. The maximum atomic E-state index is 6.55. The van der Waals surface area contributed by atoms with Gasteiger partial charge in [-0.1, -0.05) is 24.3 Å². The van der Waals surface area contributed by atoms with E-state index in [1.807, 2.05) is 24.3 Å². The predicted octanol–water partition coefficient (Wildman–Crippen LogP) is 2.02. The van der Waals surface area contributed by atoms with E-state index in [1.165, 1.54) is 0 Å². The number of hydrogen-bond acceptors (Lipinski definition) is 2.